The van der Waals surface area contributed by atoms with E-state index in [2.05, 4.69) is 10.3 Å². The number of nitrogens with two attached hydrogens (primary N) is 1. The molecule has 84 valence electrons. The average Bonchev–Trinajstić information content (AvgIpc) is 2.77. The van der Waals surface area contributed by atoms with Crippen LogP contribution in [0.3, 0.4) is 0 Å². The average molecular weight is 216 g/mol. The Kier molecular flexibility index (Phi) is 3.10. The highest BCUT2D eigenvalue weighted by molar-refractivity contribution is 5.62. The van der Waals surface area contributed by atoms with Gasteiger partial charge in [-0.15, -0.1) is 0 Å². The lowest BCUT2D eigenvalue weighted by molar-refractivity contribution is 0.726. The molecule has 1 aromatic carbocycles. The maximum absolute atomic E-state index is 5.83. The second-order valence-corrected chi connectivity index (χ2v) is 3.75. The number of hydrogen-bond donors (Lipinski definition) is 2. The zero-order valence-corrected chi connectivity index (χ0v) is 9.35. The van der Waals surface area contributed by atoms with Gasteiger partial charge in [0, 0.05) is 36.9 Å². The molecule has 0 saturated heterocycles. The van der Waals surface area contributed by atoms with E-state index in [0.29, 0.717) is 0 Å². The second kappa shape index (κ2) is 4.70. The summed E-state index contributed by atoms with van der Waals surface area (Å²) >= 11 is 0. The maximum Gasteiger partial charge on any atom is 0.0946 e. The van der Waals surface area contributed by atoms with E-state index in [4.69, 9.17) is 5.73 Å². The van der Waals surface area contributed by atoms with Crippen LogP contribution in [0.5, 0.6) is 0 Å². The summed E-state index contributed by atoms with van der Waals surface area (Å²) in [6.07, 6.45) is 5.55. The van der Waals surface area contributed by atoms with Gasteiger partial charge in [-0.05, 0) is 24.6 Å². The van der Waals surface area contributed by atoms with Crippen molar-refractivity contribution >= 4 is 11.4 Å². The Morgan fingerprint density at radius 3 is 3.06 bits per heavy atom. The molecule has 16 heavy (non-hydrogen) atoms. The molecule has 0 amide bonds. The number of anilines is 2. The first-order valence-electron chi connectivity index (χ1n) is 5.32. The molecule has 0 radical (unpaired) electrons. The highest BCUT2D eigenvalue weighted by Crippen LogP contribution is 2.19. The predicted octanol–water partition coefficient (Wildman–Crippen LogP) is 1.89. The van der Waals surface area contributed by atoms with Gasteiger partial charge in [-0.1, -0.05) is 6.07 Å². The maximum atomic E-state index is 5.83. The van der Waals surface area contributed by atoms with Crippen LogP contribution >= 0.6 is 0 Å². The molecular formula is C12H16N4. The van der Waals surface area contributed by atoms with Gasteiger partial charge in [-0.3, -0.25) is 0 Å². The zero-order valence-electron chi connectivity index (χ0n) is 9.35. The van der Waals surface area contributed by atoms with Crippen molar-refractivity contribution in [3.63, 3.8) is 0 Å². The fourth-order valence-electron chi connectivity index (χ4n) is 1.58. The number of nitrogens with zero attached hydrogens (tertiary/aromatic N) is 2. The molecule has 4 nitrogen and oxygen atoms in total. The summed E-state index contributed by atoms with van der Waals surface area (Å²) in [5.41, 5.74) is 8.86. The fraction of sp³-hybridized carbons (Fsp3) is 0.250. The van der Waals surface area contributed by atoms with E-state index < -0.39 is 0 Å². The van der Waals surface area contributed by atoms with Crippen LogP contribution < -0.4 is 11.1 Å². The Morgan fingerprint density at radius 1 is 1.44 bits per heavy atom. The largest absolute Gasteiger partial charge is 0.398 e. The topological polar surface area (TPSA) is 55.9 Å². The first kappa shape index (κ1) is 10.5. The molecule has 0 spiro atoms. The van der Waals surface area contributed by atoms with Crippen molar-refractivity contribution in [3.05, 3.63) is 42.5 Å². The van der Waals surface area contributed by atoms with E-state index in [1.807, 2.05) is 42.2 Å². The van der Waals surface area contributed by atoms with Gasteiger partial charge < -0.3 is 15.6 Å². The molecule has 3 N–H and O–H groups in total. The molecule has 1 heterocycles. The van der Waals surface area contributed by atoms with Gasteiger partial charge in [-0.2, -0.15) is 0 Å². The van der Waals surface area contributed by atoms with E-state index in [-0.39, 0.29) is 0 Å². The zero-order chi connectivity index (χ0) is 11.4. The molecule has 2 aromatic rings. The number of benzene rings is 1. The number of hydrogen-bond acceptors (Lipinski definition) is 3. The third-order valence-corrected chi connectivity index (χ3v) is 2.62. The third kappa shape index (κ3) is 2.34. The smallest absolute Gasteiger partial charge is 0.0946 e. The van der Waals surface area contributed by atoms with Crippen molar-refractivity contribution in [2.24, 2.45) is 0 Å². The van der Waals surface area contributed by atoms with Crippen LogP contribution in [-0.4, -0.2) is 16.1 Å². The lowest BCUT2D eigenvalue weighted by atomic mass is 10.1. The number of nitrogen functional groups attached to an aromatic ring is 1. The number of nitrogens with one attached hydrogen (secondary N) is 1. The van der Waals surface area contributed by atoms with Gasteiger partial charge in [0.05, 0.1) is 6.33 Å². The normalized spacial score (nSPS) is 10.3. The van der Waals surface area contributed by atoms with E-state index in [0.717, 1.165) is 30.0 Å². The van der Waals surface area contributed by atoms with Crippen molar-refractivity contribution in [2.45, 2.75) is 13.5 Å². The summed E-state index contributed by atoms with van der Waals surface area (Å²) in [4.78, 5) is 3.99. The van der Waals surface area contributed by atoms with Gasteiger partial charge in [0.2, 0.25) is 0 Å². The van der Waals surface area contributed by atoms with E-state index >= 15 is 0 Å². The first-order chi connectivity index (χ1) is 7.77. The third-order valence-electron chi connectivity index (χ3n) is 2.62. The molecule has 0 atom stereocenters. The van der Waals surface area contributed by atoms with Crippen LogP contribution in [0.15, 0.2) is 36.9 Å². The highest BCUT2D eigenvalue weighted by Gasteiger charge is 1.99. The SMILES string of the molecule is Cc1c(N)cccc1NCCn1ccnc1. The van der Waals surface area contributed by atoms with Crippen molar-refractivity contribution in [1.29, 1.82) is 0 Å². The van der Waals surface area contributed by atoms with Gasteiger partial charge in [0.15, 0.2) is 0 Å². The van der Waals surface area contributed by atoms with E-state index in [1.54, 1.807) is 6.20 Å². The molecule has 0 bridgehead atoms. The van der Waals surface area contributed by atoms with Gasteiger partial charge in [0.1, 0.15) is 0 Å². The summed E-state index contributed by atoms with van der Waals surface area (Å²) in [5, 5.41) is 3.36. The fourth-order valence-corrected chi connectivity index (χ4v) is 1.58. The summed E-state index contributed by atoms with van der Waals surface area (Å²) in [6.45, 7) is 3.78. The Morgan fingerprint density at radius 2 is 2.31 bits per heavy atom. The molecular weight excluding hydrogens is 200 g/mol. The molecule has 2 rings (SSSR count). The molecule has 1 aromatic heterocycles. The summed E-state index contributed by atoms with van der Waals surface area (Å²) in [6, 6.07) is 5.91. The van der Waals surface area contributed by atoms with Gasteiger partial charge in [0.25, 0.3) is 0 Å². The van der Waals surface area contributed by atoms with Crippen LogP contribution in [0.1, 0.15) is 5.56 Å². The number of rotatable bonds is 4. The van der Waals surface area contributed by atoms with E-state index in [9.17, 15) is 0 Å². The summed E-state index contributed by atoms with van der Waals surface area (Å²) < 4.78 is 2.04. The highest BCUT2D eigenvalue weighted by atomic mass is 15.0. The molecule has 0 aliphatic carbocycles. The molecule has 0 saturated carbocycles. The first-order valence-corrected chi connectivity index (χ1v) is 5.32. The lowest BCUT2D eigenvalue weighted by Crippen LogP contribution is -2.10. The Bertz CT molecular complexity index is 448. The van der Waals surface area contributed by atoms with Crippen molar-refractivity contribution in [1.82, 2.24) is 9.55 Å². The Balaban J connectivity index is 1.92. The van der Waals surface area contributed by atoms with Crippen molar-refractivity contribution in [3.8, 4) is 0 Å². The minimum absolute atomic E-state index is 0.827. The Labute approximate surface area is 95.1 Å². The minimum Gasteiger partial charge on any atom is -0.398 e. The van der Waals surface area contributed by atoms with Gasteiger partial charge in [-0.25, -0.2) is 4.98 Å². The predicted molar refractivity (Wildman–Crippen MR) is 66.3 cm³/mol. The molecule has 4 heteroatoms. The molecule has 0 fully saturated rings. The van der Waals surface area contributed by atoms with E-state index in [1.165, 1.54) is 0 Å². The lowest BCUT2D eigenvalue weighted by Gasteiger charge is -2.11. The molecule has 0 unspecified atom stereocenters. The van der Waals surface area contributed by atoms with Crippen molar-refractivity contribution in [2.75, 3.05) is 17.6 Å². The summed E-state index contributed by atoms with van der Waals surface area (Å²) in [5.74, 6) is 0. The van der Waals surface area contributed by atoms with Crippen molar-refractivity contribution < 1.29 is 0 Å². The monoisotopic (exact) mass is 216 g/mol. The quantitative estimate of drug-likeness (QED) is 0.767. The standard InChI is InChI=1S/C12H16N4/c1-10-11(13)3-2-4-12(10)15-6-8-16-7-5-14-9-16/h2-5,7,9,15H,6,8,13H2,1H3. The number of imidazole rings is 1. The summed E-state index contributed by atoms with van der Waals surface area (Å²) in [7, 11) is 0. The Hall–Kier alpha value is -1.97. The van der Waals surface area contributed by atoms with Crippen LogP contribution in [0.4, 0.5) is 11.4 Å². The minimum atomic E-state index is 0.827. The van der Waals surface area contributed by atoms with Crippen LogP contribution in [0.2, 0.25) is 0 Å². The molecule has 0 aliphatic rings. The van der Waals surface area contributed by atoms with Gasteiger partial charge >= 0.3 is 0 Å². The van der Waals surface area contributed by atoms with Crippen LogP contribution in [0, 0.1) is 6.92 Å². The van der Waals surface area contributed by atoms with Crippen LogP contribution in [0.25, 0.3) is 0 Å². The molecule has 0 aliphatic heterocycles. The van der Waals surface area contributed by atoms with Crippen LogP contribution in [-0.2, 0) is 6.54 Å². The second-order valence-electron chi connectivity index (χ2n) is 3.75. The number of aromatic nitrogens is 2.